The third kappa shape index (κ3) is 2.27. The average Bonchev–Trinajstić information content (AvgIpc) is 2.11. The maximum absolute atomic E-state index is 12.7. The summed E-state index contributed by atoms with van der Waals surface area (Å²) in [5.74, 6) is -0.753. The van der Waals surface area contributed by atoms with E-state index < -0.39 is 5.82 Å². The SMILES string of the molecule is O=C(NC1COC1)c1ccc(F)cc1Cl. The van der Waals surface area contributed by atoms with Gasteiger partial charge in [-0.15, -0.1) is 0 Å². The molecule has 1 amide bonds. The molecule has 1 aromatic carbocycles. The molecule has 0 unspecified atom stereocenters. The molecule has 1 aromatic rings. The molecule has 1 saturated heterocycles. The standard InChI is InChI=1S/C10H9ClFNO2/c11-9-3-6(12)1-2-8(9)10(14)13-7-4-15-5-7/h1-3,7H,4-5H2,(H,13,14). The number of carbonyl (C=O) groups excluding carboxylic acids is 1. The smallest absolute Gasteiger partial charge is 0.253 e. The second-order valence-electron chi connectivity index (χ2n) is 3.33. The Balaban J connectivity index is 2.10. The number of ether oxygens (including phenoxy) is 1. The number of benzene rings is 1. The molecule has 0 radical (unpaired) electrons. The molecule has 0 aliphatic carbocycles. The van der Waals surface area contributed by atoms with Crippen molar-refractivity contribution < 1.29 is 13.9 Å². The first-order valence-corrected chi connectivity index (χ1v) is 4.88. The van der Waals surface area contributed by atoms with Gasteiger partial charge < -0.3 is 10.1 Å². The summed E-state index contributed by atoms with van der Waals surface area (Å²) in [6.07, 6.45) is 0. The second-order valence-corrected chi connectivity index (χ2v) is 3.74. The molecule has 0 bridgehead atoms. The lowest BCUT2D eigenvalue weighted by Crippen LogP contribution is -2.48. The molecule has 5 heteroatoms. The van der Waals surface area contributed by atoms with Crippen LogP contribution in [0.4, 0.5) is 4.39 Å². The molecule has 15 heavy (non-hydrogen) atoms. The van der Waals surface area contributed by atoms with E-state index in [-0.39, 0.29) is 22.5 Å². The Hall–Kier alpha value is -1.13. The van der Waals surface area contributed by atoms with Gasteiger partial charge in [-0.05, 0) is 18.2 Å². The zero-order chi connectivity index (χ0) is 10.8. The minimum absolute atomic E-state index is 0.0404. The van der Waals surface area contributed by atoms with Gasteiger partial charge in [-0.2, -0.15) is 0 Å². The summed E-state index contributed by atoms with van der Waals surface area (Å²) in [7, 11) is 0. The van der Waals surface area contributed by atoms with Gasteiger partial charge in [0.25, 0.3) is 5.91 Å². The molecule has 1 aliphatic heterocycles. The van der Waals surface area contributed by atoms with Crippen molar-refractivity contribution in [1.29, 1.82) is 0 Å². The van der Waals surface area contributed by atoms with E-state index >= 15 is 0 Å². The molecule has 1 heterocycles. The maximum Gasteiger partial charge on any atom is 0.253 e. The summed E-state index contributed by atoms with van der Waals surface area (Å²) < 4.78 is 17.6. The zero-order valence-electron chi connectivity index (χ0n) is 7.80. The topological polar surface area (TPSA) is 38.3 Å². The van der Waals surface area contributed by atoms with Crippen LogP contribution in [0, 0.1) is 5.82 Å². The monoisotopic (exact) mass is 229 g/mol. The van der Waals surface area contributed by atoms with E-state index in [2.05, 4.69) is 5.32 Å². The van der Waals surface area contributed by atoms with Crippen LogP contribution < -0.4 is 5.32 Å². The molecule has 0 saturated carbocycles. The molecule has 3 nitrogen and oxygen atoms in total. The van der Waals surface area contributed by atoms with Crippen molar-refractivity contribution in [2.45, 2.75) is 6.04 Å². The number of nitrogens with one attached hydrogen (secondary N) is 1. The van der Waals surface area contributed by atoms with Crippen LogP contribution in [0.1, 0.15) is 10.4 Å². The minimum Gasteiger partial charge on any atom is -0.377 e. The summed E-state index contributed by atoms with van der Waals surface area (Å²) in [5.41, 5.74) is 0.282. The summed E-state index contributed by atoms with van der Waals surface area (Å²) in [5, 5.41) is 2.84. The molecule has 0 atom stereocenters. The van der Waals surface area contributed by atoms with E-state index in [9.17, 15) is 9.18 Å². The Bertz CT molecular complexity index is 393. The van der Waals surface area contributed by atoms with Gasteiger partial charge in [0.05, 0.1) is 29.8 Å². The molecule has 1 aliphatic rings. The van der Waals surface area contributed by atoms with Crippen LogP contribution in [0.25, 0.3) is 0 Å². The van der Waals surface area contributed by atoms with Crippen molar-refractivity contribution in [1.82, 2.24) is 5.32 Å². The number of halogens is 2. The van der Waals surface area contributed by atoms with Gasteiger partial charge in [0, 0.05) is 0 Å². The fraction of sp³-hybridized carbons (Fsp3) is 0.300. The Morgan fingerprint density at radius 2 is 2.27 bits per heavy atom. The molecule has 2 rings (SSSR count). The Morgan fingerprint density at radius 1 is 1.53 bits per heavy atom. The highest BCUT2D eigenvalue weighted by molar-refractivity contribution is 6.33. The van der Waals surface area contributed by atoms with E-state index in [4.69, 9.17) is 16.3 Å². The van der Waals surface area contributed by atoms with Gasteiger partial charge in [0.1, 0.15) is 5.82 Å². The number of hydrogen-bond donors (Lipinski definition) is 1. The molecular formula is C10H9ClFNO2. The van der Waals surface area contributed by atoms with Gasteiger partial charge in [0.2, 0.25) is 0 Å². The highest BCUT2D eigenvalue weighted by Crippen LogP contribution is 2.17. The summed E-state index contributed by atoms with van der Waals surface area (Å²) in [6.45, 7) is 1.04. The fourth-order valence-electron chi connectivity index (χ4n) is 1.26. The lowest BCUT2D eigenvalue weighted by molar-refractivity contribution is -0.00346. The molecule has 0 spiro atoms. The Kier molecular flexibility index (Phi) is 2.88. The van der Waals surface area contributed by atoms with E-state index in [0.29, 0.717) is 13.2 Å². The van der Waals surface area contributed by atoms with Gasteiger partial charge in [-0.3, -0.25) is 4.79 Å². The van der Waals surface area contributed by atoms with Crippen molar-refractivity contribution in [3.8, 4) is 0 Å². The number of hydrogen-bond acceptors (Lipinski definition) is 2. The van der Waals surface area contributed by atoms with E-state index in [1.54, 1.807) is 0 Å². The third-order valence-corrected chi connectivity index (χ3v) is 2.46. The van der Waals surface area contributed by atoms with Gasteiger partial charge in [-0.1, -0.05) is 11.6 Å². The lowest BCUT2D eigenvalue weighted by Gasteiger charge is -2.26. The van der Waals surface area contributed by atoms with Crippen LogP contribution in [0.15, 0.2) is 18.2 Å². The van der Waals surface area contributed by atoms with Crippen molar-refractivity contribution in [2.75, 3.05) is 13.2 Å². The molecule has 0 aromatic heterocycles. The minimum atomic E-state index is -0.455. The van der Waals surface area contributed by atoms with E-state index in [0.717, 1.165) is 6.07 Å². The van der Waals surface area contributed by atoms with E-state index in [1.807, 2.05) is 0 Å². The normalized spacial score (nSPS) is 15.9. The van der Waals surface area contributed by atoms with Crippen LogP contribution in [0.3, 0.4) is 0 Å². The van der Waals surface area contributed by atoms with Crippen molar-refractivity contribution in [3.05, 3.63) is 34.6 Å². The van der Waals surface area contributed by atoms with Crippen molar-refractivity contribution in [3.63, 3.8) is 0 Å². The van der Waals surface area contributed by atoms with Gasteiger partial charge in [-0.25, -0.2) is 4.39 Å². The van der Waals surface area contributed by atoms with Crippen LogP contribution >= 0.6 is 11.6 Å². The summed E-state index contributed by atoms with van der Waals surface area (Å²) in [6, 6.07) is 3.73. The lowest BCUT2D eigenvalue weighted by atomic mass is 10.2. The predicted octanol–water partition coefficient (Wildman–Crippen LogP) is 1.61. The van der Waals surface area contributed by atoms with Crippen molar-refractivity contribution >= 4 is 17.5 Å². The summed E-state index contributed by atoms with van der Waals surface area (Å²) >= 11 is 5.74. The average molecular weight is 230 g/mol. The third-order valence-electron chi connectivity index (χ3n) is 2.15. The Labute approximate surface area is 91.2 Å². The fourth-order valence-corrected chi connectivity index (χ4v) is 1.51. The largest absolute Gasteiger partial charge is 0.377 e. The number of rotatable bonds is 2. The van der Waals surface area contributed by atoms with Gasteiger partial charge in [0.15, 0.2) is 0 Å². The van der Waals surface area contributed by atoms with Crippen LogP contribution in [-0.4, -0.2) is 25.2 Å². The quantitative estimate of drug-likeness (QED) is 0.837. The maximum atomic E-state index is 12.7. The number of amides is 1. The second kappa shape index (κ2) is 4.16. The summed E-state index contributed by atoms with van der Waals surface area (Å²) in [4.78, 5) is 11.6. The molecule has 1 fully saturated rings. The van der Waals surface area contributed by atoms with Crippen LogP contribution in [-0.2, 0) is 4.74 Å². The zero-order valence-corrected chi connectivity index (χ0v) is 8.55. The van der Waals surface area contributed by atoms with Crippen LogP contribution in [0.2, 0.25) is 5.02 Å². The molecule has 80 valence electrons. The first-order chi connectivity index (χ1) is 7.16. The highest BCUT2D eigenvalue weighted by Gasteiger charge is 2.22. The first-order valence-electron chi connectivity index (χ1n) is 4.50. The Morgan fingerprint density at radius 3 is 2.80 bits per heavy atom. The molecule has 1 N–H and O–H groups in total. The predicted molar refractivity (Wildman–Crippen MR) is 53.5 cm³/mol. The van der Waals surface area contributed by atoms with E-state index in [1.165, 1.54) is 12.1 Å². The number of carbonyl (C=O) groups is 1. The first kappa shape index (κ1) is 10.4. The van der Waals surface area contributed by atoms with Crippen molar-refractivity contribution in [2.24, 2.45) is 0 Å². The highest BCUT2D eigenvalue weighted by atomic mass is 35.5. The van der Waals surface area contributed by atoms with Gasteiger partial charge >= 0.3 is 0 Å². The molecular weight excluding hydrogens is 221 g/mol. The van der Waals surface area contributed by atoms with Crippen LogP contribution in [0.5, 0.6) is 0 Å².